The van der Waals surface area contributed by atoms with Crippen LogP contribution >= 0.6 is 0 Å². The maximum Gasteiger partial charge on any atom is 0.291 e. The zero-order chi connectivity index (χ0) is 17.1. The second-order valence-corrected chi connectivity index (χ2v) is 5.27. The predicted molar refractivity (Wildman–Crippen MR) is 90.0 cm³/mol. The predicted octanol–water partition coefficient (Wildman–Crippen LogP) is 2.49. The SMILES string of the molecule is CCOCCOC(=NCC(C)C)NC(=O)c1cccc(OC)c1. The van der Waals surface area contributed by atoms with Crippen LogP contribution in [0.1, 0.15) is 31.1 Å². The molecular weight excluding hydrogens is 296 g/mol. The summed E-state index contributed by atoms with van der Waals surface area (Å²) in [7, 11) is 1.56. The minimum atomic E-state index is -0.289. The highest BCUT2D eigenvalue weighted by Crippen LogP contribution is 2.12. The average molecular weight is 322 g/mol. The van der Waals surface area contributed by atoms with Crippen molar-refractivity contribution in [2.24, 2.45) is 10.9 Å². The Balaban J connectivity index is 2.69. The van der Waals surface area contributed by atoms with E-state index in [0.717, 1.165) is 0 Å². The number of carbonyl (C=O) groups is 1. The lowest BCUT2D eigenvalue weighted by Gasteiger charge is -2.12. The smallest absolute Gasteiger partial charge is 0.291 e. The van der Waals surface area contributed by atoms with E-state index in [9.17, 15) is 4.79 Å². The number of carbonyl (C=O) groups excluding carboxylic acids is 1. The molecule has 0 aliphatic rings. The number of hydrogen-bond acceptors (Lipinski definition) is 5. The summed E-state index contributed by atoms with van der Waals surface area (Å²) in [5.41, 5.74) is 0.481. The van der Waals surface area contributed by atoms with Crippen molar-refractivity contribution in [2.75, 3.05) is 33.5 Å². The number of hydrogen-bond donors (Lipinski definition) is 1. The van der Waals surface area contributed by atoms with E-state index in [1.165, 1.54) is 0 Å². The zero-order valence-corrected chi connectivity index (χ0v) is 14.3. The lowest BCUT2D eigenvalue weighted by Crippen LogP contribution is -2.33. The molecule has 0 aliphatic heterocycles. The Morgan fingerprint density at radius 1 is 1.30 bits per heavy atom. The Morgan fingerprint density at radius 2 is 2.09 bits per heavy atom. The van der Waals surface area contributed by atoms with Gasteiger partial charge in [0.15, 0.2) is 0 Å². The fraction of sp³-hybridized carbons (Fsp3) is 0.529. The fourth-order valence-electron chi connectivity index (χ4n) is 1.66. The second kappa shape index (κ2) is 10.6. The molecule has 0 spiro atoms. The van der Waals surface area contributed by atoms with Crippen LogP contribution in [0.2, 0.25) is 0 Å². The third-order valence-electron chi connectivity index (χ3n) is 2.82. The molecule has 1 rings (SSSR count). The van der Waals surface area contributed by atoms with Gasteiger partial charge in [0.25, 0.3) is 11.9 Å². The molecule has 0 unspecified atom stereocenters. The molecule has 1 N–H and O–H groups in total. The van der Waals surface area contributed by atoms with E-state index in [2.05, 4.69) is 10.3 Å². The molecule has 0 heterocycles. The number of nitrogens with one attached hydrogen (secondary N) is 1. The van der Waals surface area contributed by atoms with Crippen LogP contribution in [0.3, 0.4) is 0 Å². The van der Waals surface area contributed by atoms with Crippen LogP contribution in [0.25, 0.3) is 0 Å². The van der Waals surface area contributed by atoms with E-state index < -0.39 is 0 Å². The van der Waals surface area contributed by atoms with Gasteiger partial charge in [0.2, 0.25) is 0 Å². The van der Waals surface area contributed by atoms with E-state index in [1.54, 1.807) is 31.4 Å². The molecule has 23 heavy (non-hydrogen) atoms. The van der Waals surface area contributed by atoms with Gasteiger partial charge in [0.05, 0.1) is 13.7 Å². The summed E-state index contributed by atoms with van der Waals surface area (Å²) in [5.74, 6) is 0.701. The van der Waals surface area contributed by atoms with Gasteiger partial charge in [-0.1, -0.05) is 19.9 Å². The van der Waals surface area contributed by atoms with Crippen LogP contribution in [0.5, 0.6) is 5.75 Å². The first-order valence-corrected chi connectivity index (χ1v) is 7.77. The maximum absolute atomic E-state index is 12.3. The lowest BCUT2D eigenvalue weighted by molar-refractivity contribution is 0.0921. The largest absolute Gasteiger partial charge is 0.497 e. The quantitative estimate of drug-likeness (QED) is 0.453. The third kappa shape index (κ3) is 7.65. The number of aliphatic imine (C=N–C) groups is 1. The van der Waals surface area contributed by atoms with Crippen molar-refractivity contribution in [1.82, 2.24) is 5.32 Å². The Hall–Kier alpha value is -2.08. The number of ether oxygens (including phenoxy) is 3. The molecule has 0 fully saturated rings. The van der Waals surface area contributed by atoms with Gasteiger partial charge in [0, 0.05) is 18.7 Å². The molecule has 0 atom stereocenters. The number of rotatable bonds is 8. The van der Waals surface area contributed by atoms with Gasteiger partial charge in [-0.3, -0.25) is 10.1 Å². The highest BCUT2D eigenvalue weighted by atomic mass is 16.5. The number of amidine groups is 1. The normalized spacial score (nSPS) is 11.4. The average Bonchev–Trinajstić information content (AvgIpc) is 2.56. The van der Waals surface area contributed by atoms with Crippen molar-refractivity contribution in [3.05, 3.63) is 29.8 Å². The summed E-state index contributed by atoms with van der Waals surface area (Å²) in [6, 6.07) is 7.12. The number of nitrogens with zero attached hydrogens (tertiary/aromatic N) is 1. The van der Waals surface area contributed by atoms with Crippen LogP contribution in [-0.4, -0.2) is 45.4 Å². The van der Waals surface area contributed by atoms with Gasteiger partial charge >= 0.3 is 0 Å². The molecule has 0 bridgehead atoms. The van der Waals surface area contributed by atoms with Crippen LogP contribution in [0.15, 0.2) is 29.3 Å². The first kappa shape index (κ1) is 19.0. The second-order valence-electron chi connectivity index (χ2n) is 5.27. The molecule has 1 amide bonds. The summed E-state index contributed by atoms with van der Waals surface area (Å²) in [4.78, 5) is 16.6. The standard InChI is InChI=1S/C17H26N2O4/c1-5-22-9-10-23-17(18-12-13(2)3)19-16(20)14-7-6-8-15(11-14)21-4/h6-8,11,13H,5,9-10,12H2,1-4H3,(H,18,19,20). The molecule has 0 saturated heterocycles. The molecule has 6 heteroatoms. The first-order valence-electron chi connectivity index (χ1n) is 7.77. The molecule has 6 nitrogen and oxygen atoms in total. The molecule has 0 radical (unpaired) electrons. The van der Waals surface area contributed by atoms with Gasteiger partial charge in [0.1, 0.15) is 12.4 Å². The van der Waals surface area contributed by atoms with E-state index in [4.69, 9.17) is 14.2 Å². The summed E-state index contributed by atoms with van der Waals surface area (Å²) in [5, 5.41) is 2.69. The summed E-state index contributed by atoms with van der Waals surface area (Å²) >= 11 is 0. The van der Waals surface area contributed by atoms with Crippen molar-refractivity contribution in [3.63, 3.8) is 0 Å². The van der Waals surface area contributed by atoms with Gasteiger partial charge in [-0.2, -0.15) is 0 Å². The van der Waals surface area contributed by atoms with Crippen molar-refractivity contribution >= 4 is 11.9 Å². The zero-order valence-electron chi connectivity index (χ0n) is 14.3. The summed E-state index contributed by atoms with van der Waals surface area (Å²) in [6.45, 7) is 7.99. The highest BCUT2D eigenvalue weighted by molar-refractivity contribution is 6.04. The van der Waals surface area contributed by atoms with Gasteiger partial charge in [-0.15, -0.1) is 0 Å². The van der Waals surface area contributed by atoms with Crippen molar-refractivity contribution < 1.29 is 19.0 Å². The van der Waals surface area contributed by atoms with Crippen molar-refractivity contribution in [2.45, 2.75) is 20.8 Å². The Labute approximate surface area is 137 Å². The molecule has 0 aromatic heterocycles. The van der Waals surface area contributed by atoms with Gasteiger partial charge < -0.3 is 14.2 Å². The fourth-order valence-corrected chi connectivity index (χ4v) is 1.66. The molecule has 0 aliphatic carbocycles. The Kier molecular flexibility index (Phi) is 8.75. The summed E-state index contributed by atoms with van der Waals surface area (Å²) < 4.78 is 15.8. The van der Waals surface area contributed by atoms with Gasteiger partial charge in [-0.05, 0) is 31.0 Å². The number of methoxy groups -OCH3 is 1. The third-order valence-corrected chi connectivity index (χ3v) is 2.82. The minimum absolute atomic E-state index is 0.214. The Morgan fingerprint density at radius 3 is 2.74 bits per heavy atom. The van der Waals surface area contributed by atoms with E-state index in [0.29, 0.717) is 43.6 Å². The van der Waals surface area contributed by atoms with E-state index in [-0.39, 0.29) is 11.9 Å². The number of benzene rings is 1. The molecule has 0 saturated carbocycles. The lowest BCUT2D eigenvalue weighted by atomic mass is 10.2. The molecule has 128 valence electrons. The highest BCUT2D eigenvalue weighted by Gasteiger charge is 2.11. The van der Waals surface area contributed by atoms with Crippen LogP contribution in [0, 0.1) is 5.92 Å². The van der Waals surface area contributed by atoms with E-state index in [1.807, 2.05) is 20.8 Å². The van der Waals surface area contributed by atoms with Crippen LogP contribution < -0.4 is 10.1 Å². The van der Waals surface area contributed by atoms with E-state index >= 15 is 0 Å². The molecule has 1 aromatic carbocycles. The Bertz CT molecular complexity index is 515. The topological polar surface area (TPSA) is 69.2 Å². The molecular formula is C17H26N2O4. The maximum atomic E-state index is 12.3. The molecule has 1 aromatic rings. The van der Waals surface area contributed by atoms with Crippen LogP contribution in [-0.2, 0) is 9.47 Å². The van der Waals surface area contributed by atoms with Crippen molar-refractivity contribution in [3.8, 4) is 5.75 Å². The minimum Gasteiger partial charge on any atom is -0.497 e. The first-order chi connectivity index (χ1) is 11.1. The number of amides is 1. The summed E-state index contributed by atoms with van der Waals surface area (Å²) in [6.07, 6.45) is 0. The monoisotopic (exact) mass is 322 g/mol. The van der Waals surface area contributed by atoms with Crippen molar-refractivity contribution in [1.29, 1.82) is 0 Å². The van der Waals surface area contributed by atoms with Crippen LogP contribution in [0.4, 0.5) is 0 Å². The van der Waals surface area contributed by atoms with Gasteiger partial charge in [-0.25, -0.2) is 4.99 Å².